The van der Waals surface area contributed by atoms with Gasteiger partial charge in [0, 0.05) is 19.6 Å². The molecule has 0 radical (unpaired) electrons. The van der Waals surface area contributed by atoms with Crippen LogP contribution in [-0.4, -0.2) is 41.5 Å². The van der Waals surface area contributed by atoms with Crippen molar-refractivity contribution in [3.05, 3.63) is 0 Å². The molecule has 0 bridgehead atoms. The maximum atomic E-state index is 13.4. The van der Waals surface area contributed by atoms with E-state index in [0.717, 1.165) is 6.42 Å². The first-order chi connectivity index (χ1) is 10.9. The molecule has 24 heavy (non-hydrogen) atoms. The molecule has 1 N–H and O–H groups in total. The van der Waals surface area contributed by atoms with E-state index in [1.807, 2.05) is 6.92 Å². The molecule has 0 saturated heterocycles. The van der Waals surface area contributed by atoms with Crippen LogP contribution in [0, 0.1) is 0 Å². The van der Waals surface area contributed by atoms with Crippen LogP contribution in [0.2, 0.25) is 0 Å². The molecular weight excluding hydrogens is 380 g/mol. The molecule has 146 valence electrons. The minimum Gasteiger partial charge on any atom is -0.381 e. The van der Waals surface area contributed by atoms with Gasteiger partial charge in [-0.2, -0.15) is 35.1 Å². The second-order valence-corrected chi connectivity index (χ2v) is 5.48. The highest BCUT2D eigenvalue weighted by Crippen LogP contribution is 2.57. The van der Waals surface area contributed by atoms with Crippen LogP contribution in [0.5, 0.6) is 0 Å². The van der Waals surface area contributed by atoms with Crippen LogP contribution in [0.3, 0.4) is 0 Å². The Labute approximate surface area is 136 Å². The summed E-state index contributed by atoms with van der Waals surface area (Å²) in [7, 11) is 0. The molecule has 0 aromatic carbocycles. The summed E-state index contributed by atoms with van der Waals surface area (Å²) in [6.45, 7) is 1.57. The molecule has 0 rings (SSSR count). The van der Waals surface area contributed by atoms with E-state index in [9.17, 15) is 35.1 Å². The smallest absolute Gasteiger partial charge is 0.381 e. The molecule has 0 fully saturated rings. The van der Waals surface area contributed by atoms with Crippen molar-refractivity contribution < 1.29 is 54.5 Å². The molecule has 0 amide bonds. The zero-order chi connectivity index (χ0) is 19.1. The summed E-state index contributed by atoms with van der Waals surface area (Å²) in [6, 6.07) is 0. The van der Waals surface area contributed by atoms with Gasteiger partial charge in [-0.25, -0.2) is 5.26 Å². The Morgan fingerprint density at radius 1 is 0.875 bits per heavy atom. The molecule has 0 aromatic heterocycles. The molecule has 13 heteroatoms. The lowest BCUT2D eigenvalue weighted by Crippen LogP contribution is -2.61. The van der Waals surface area contributed by atoms with E-state index in [-0.39, 0.29) is 6.61 Å². The number of halogens is 8. The summed E-state index contributed by atoms with van der Waals surface area (Å²) in [5.41, 5.74) is 0. The van der Waals surface area contributed by atoms with Crippen LogP contribution in [0.15, 0.2) is 0 Å². The second-order valence-electron chi connectivity index (χ2n) is 4.67. The number of hydrogen-bond donors (Lipinski definition) is 1. The molecular formula is C11H16F8O4S. The highest BCUT2D eigenvalue weighted by atomic mass is 32.2. The quantitative estimate of drug-likeness (QED) is 0.153. The Bertz CT molecular complexity index is 370. The minimum absolute atomic E-state index is 0.168. The van der Waals surface area contributed by atoms with Gasteiger partial charge in [-0.15, -0.1) is 4.33 Å². The first-order valence-electron chi connectivity index (χ1n) is 6.62. The van der Waals surface area contributed by atoms with Gasteiger partial charge in [0.25, 0.3) is 0 Å². The Balaban J connectivity index is 4.90. The normalized spacial score (nSPS) is 14.2. The number of hydrogen-bond acceptors (Lipinski definition) is 5. The van der Waals surface area contributed by atoms with Crippen LogP contribution in [0.4, 0.5) is 35.1 Å². The standard InChI is InChI=1S/C11H16F8O4S/c1-2-3-6-21-7-4-5-8(12,13)9(14,15)10(16,17)11(18,19)24-23-22-20/h20H,2-7H2,1H3. The minimum atomic E-state index is -6.49. The Morgan fingerprint density at radius 2 is 1.42 bits per heavy atom. The monoisotopic (exact) mass is 396 g/mol. The second kappa shape index (κ2) is 9.36. The third-order valence-corrected chi connectivity index (χ3v) is 3.40. The number of ether oxygens (including phenoxy) is 1. The third kappa shape index (κ3) is 5.58. The van der Waals surface area contributed by atoms with Crippen LogP contribution in [-0.2, 0) is 14.1 Å². The van der Waals surface area contributed by atoms with Crippen molar-refractivity contribution in [3.8, 4) is 0 Å². The molecule has 0 aromatic rings. The zero-order valence-electron chi connectivity index (χ0n) is 12.3. The van der Waals surface area contributed by atoms with E-state index in [1.54, 1.807) is 0 Å². The fraction of sp³-hybridized carbons (Fsp3) is 1.00. The maximum Gasteiger partial charge on any atom is 0.390 e. The molecule has 0 aliphatic rings. The van der Waals surface area contributed by atoms with Crippen molar-refractivity contribution in [2.75, 3.05) is 13.2 Å². The summed E-state index contributed by atoms with van der Waals surface area (Å²) in [6.07, 6.45) is -1.22. The Morgan fingerprint density at radius 3 is 1.92 bits per heavy atom. The number of alkyl halides is 8. The summed E-state index contributed by atoms with van der Waals surface area (Å²) < 4.78 is 114. The van der Waals surface area contributed by atoms with Crippen molar-refractivity contribution in [2.24, 2.45) is 0 Å². The number of unbranched alkanes of at least 4 members (excludes halogenated alkanes) is 1. The van der Waals surface area contributed by atoms with Crippen LogP contribution in [0.1, 0.15) is 32.6 Å². The SMILES string of the molecule is CCCCOCCCC(F)(F)C(F)(F)C(F)(F)C(F)(F)SOOO. The fourth-order valence-corrected chi connectivity index (χ4v) is 1.77. The molecule has 0 saturated carbocycles. The highest BCUT2D eigenvalue weighted by molar-refractivity contribution is 7.95. The van der Waals surface area contributed by atoms with Gasteiger partial charge >= 0.3 is 23.0 Å². The van der Waals surface area contributed by atoms with Gasteiger partial charge in [0.2, 0.25) is 0 Å². The Kier molecular flexibility index (Phi) is 9.22. The van der Waals surface area contributed by atoms with Gasteiger partial charge in [0.1, 0.15) is 12.0 Å². The topological polar surface area (TPSA) is 47.9 Å². The van der Waals surface area contributed by atoms with E-state index < -0.39 is 54.5 Å². The molecule has 0 aliphatic heterocycles. The van der Waals surface area contributed by atoms with Gasteiger partial charge in [-0.05, 0) is 12.8 Å². The predicted octanol–water partition coefficient (Wildman–Crippen LogP) is 5.15. The van der Waals surface area contributed by atoms with Crippen molar-refractivity contribution >= 4 is 12.0 Å². The van der Waals surface area contributed by atoms with E-state index in [4.69, 9.17) is 9.99 Å². The first kappa shape index (κ1) is 23.6. The average molecular weight is 396 g/mol. The zero-order valence-corrected chi connectivity index (χ0v) is 13.2. The van der Waals surface area contributed by atoms with Gasteiger partial charge in [0.15, 0.2) is 0 Å². The fourth-order valence-electron chi connectivity index (χ4n) is 1.42. The lowest BCUT2D eigenvalue weighted by Gasteiger charge is -2.35. The summed E-state index contributed by atoms with van der Waals surface area (Å²) in [5, 5.41) is 4.37. The average Bonchev–Trinajstić information content (AvgIpc) is 2.48. The Hall–Kier alpha value is -0.370. The summed E-state index contributed by atoms with van der Waals surface area (Å²) >= 11 is -1.73. The lowest BCUT2D eigenvalue weighted by atomic mass is 10.0. The number of rotatable bonds is 13. The predicted molar refractivity (Wildman–Crippen MR) is 67.1 cm³/mol. The molecule has 0 atom stereocenters. The lowest BCUT2D eigenvalue weighted by molar-refractivity contribution is -0.435. The van der Waals surface area contributed by atoms with E-state index in [1.165, 1.54) is 0 Å². The van der Waals surface area contributed by atoms with Gasteiger partial charge in [-0.1, -0.05) is 18.4 Å². The van der Waals surface area contributed by atoms with Crippen molar-refractivity contribution in [1.29, 1.82) is 0 Å². The largest absolute Gasteiger partial charge is 0.390 e. The molecule has 0 heterocycles. The van der Waals surface area contributed by atoms with Gasteiger partial charge in [-0.3, -0.25) is 0 Å². The maximum absolute atomic E-state index is 13.4. The summed E-state index contributed by atoms with van der Waals surface area (Å²) in [4.78, 5) is 0. The van der Waals surface area contributed by atoms with E-state index in [0.29, 0.717) is 6.42 Å². The third-order valence-electron chi connectivity index (χ3n) is 2.81. The van der Waals surface area contributed by atoms with Crippen molar-refractivity contribution in [2.45, 2.75) is 55.6 Å². The molecule has 0 spiro atoms. The van der Waals surface area contributed by atoms with Gasteiger partial charge < -0.3 is 4.74 Å². The first-order valence-corrected chi connectivity index (χ1v) is 7.36. The molecule has 0 aliphatic carbocycles. The van der Waals surface area contributed by atoms with E-state index >= 15 is 0 Å². The van der Waals surface area contributed by atoms with Crippen LogP contribution >= 0.6 is 12.0 Å². The van der Waals surface area contributed by atoms with Crippen LogP contribution in [0.25, 0.3) is 0 Å². The molecule has 4 nitrogen and oxygen atoms in total. The van der Waals surface area contributed by atoms with Gasteiger partial charge in [0.05, 0.1) is 0 Å². The van der Waals surface area contributed by atoms with Crippen LogP contribution < -0.4 is 0 Å². The van der Waals surface area contributed by atoms with Crippen molar-refractivity contribution in [1.82, 2.24) is 0 Å². The van der Waals surface area contributed by atoms with E-state index in [2.05, 4.69) is 9.37 Å². The highest BCUT2D eigenvalue weighted by Gasteiger charge is 2.81. The molecule has 0 unspecified atom stereocenters. The van der Waals surface area contributed by atoms with Crippen molar-refractivity contribution in [3.63, 3.8) is 0 Å². The summed E-state index contributed by atoms with van der Waals surface area (Å²) in [5.74, 6) is -18.3.